The number of ether oxygens (including phenoxy) is 1. The van der Waals surface area contributed by atoms with Gasteiger partial charge in [-0.3, -0.25) is 4.79 Å². The number of rotatable bonds is 4. The fourth-order valence-electron chi connectivity index (χ4n) is 2.68. The Labute approximate surface area is 103 Å². The normalized spacial score (nSPS) is 33.6. The lowest BCUT2D eigenvalue weighted by Crippen LogP contribution is -2.49. The van der Waals surface area contributed by atoms with Crippen LogP contribution in [0.1, 0.15) is 32.6 Å². The van der Waals surface area contributed by atoms with Crippen LogP contribution in [-0.2, 0) is 9.53 Å². The van der Waals surface area contributed by atoms with E-state index in [4.69, 9.17) is 4.74 Å². The fourth-order valence-corrected chi connectivity index (χ4v) is 2.68. The molecule has 98 valence electrons. The molecule has 0 saturated carbocycles. The molecule has 2 aliphatic rings. The number of carbonyl (C=O) groups is 1. The quantitative estimate of drug-likeness (QED) is 0.768. The number of nitrogens with one attached hydrogen (secondary N) is 2. The molecule has 4 heteroatoms. The first-order chi connectivity index (χ1) is 8.29. The summed E-state index contributed by atoms with van der Waals surface area (Å²) in [5.74, 6) is 1.40. The molecule has 4 nitrogen and oxygen atoms in total. The van der Waals surface area contributed by atoms with Crippen molar-refractivity contribution in [1.82, 2.24) is 10.6 Å². The van der Waals surface area contributed by atoms with Gasteiger partial charge in [-0.2, -0.15) is 0 Å². The van der Waals surface area contributed by atoms with E-state index in [1.807, 2.05) is 0 Å². The number of hydrogen-bond donors (Lipinski definition) is 2. The van der Waals surface area contributed by atoms with E-state index in [2.05, 4.69) is 17.6 Å². The maximum Gasteiger partial charge on any atom is 0.237 e. The van der Waals surface area contributed by atoms with E-state index < -0.39 is 0 Å². The molecule has 0 radical (unpaired) electrons. The molecule has 2 saturated heterocycles. The van der Waals surface area contributed by atoms with Gasteiger partial charge in [0.25, 0.3) is 0 Å². The van der Waals surface area contributed by atoms with Gasteiger partial charge in [-0.15, -0.1) is 0 Å². The average molecular weight is 240 g/mol. The second kappa shape index (κ2) is 6.36. The van der Waals surface area contributed by atoms with Gasteiger partial charge in [0.2, 0.25) is 5.91 Å². The molecule has 2 rings (SSSR count). The van der Waals surface area contributed by atoms with Crippen LogP contribution in [0.4, 0.5) is 0 Å². The van der Waals surface area contributed by atoms with E-state index in [0.717, 1.165) is 39.1 Å². The van der Waals surface area contributed by atoms with Gasteiger partial charge in [-0.1, -0.05) is 13.3 Å². The monoisotopic (exact) mass is 240 g/mol. The molecule has 2 fully saturated rings. The molecule has 3 atom stereocenters. The van der Waals surface area contributed by atoms with Crippen molar-refractivity contribution in [2.75, 3.05) is 26.3 Å². The molecule has 2 N–H and O–H groups in total. The molecular formula is C13H24N2O2. The Morgan fingerprint density at radius 2 is 2.29 bits per heavy atom. The number of amides is 1. The second-order valence-electron chi connectivity index (χ2n) is 5.28. The van der Waals surface area contributed by atoms with Crippen LogP contribution in [0.2, 0.25) is 0 Å². The van der Waals surface area contributed by atoms with E-state index in [-0.39, 0.29) is 11.9 Å². The second-order valence-corrected chi connectivity index (χ2v) is 5.28. The van der Waals surface area contributed by atoms with Gasteiger partial charge in [0, 0.05) is 19.1 Å². The minimum atomic E-state index is 0.0241. The first-order valence-electron chi connectivity index (χ1n) is 6.88. The first kappa shape index (κ1) is 12.8. The van der Waals surface area contributed by atoms with Crippen molar-refractivity contribution in [2.24, 2.45) is 11.8 Å². The lowest BCUT2D eigenvalue weighted by atomic mass is 9.90. The number of piperidine rings is 1. The van der Waals surface area contributed by atoms with Crippen LogP contribution in [0.3, 0.4) is 0 Å². The Morgan fingerprint density at radius 3 is 3.00 bits per heavy atom. The molecule has 1 amide bonds. The Balaban J connectivity index is 1.71. The third-order valence-corrected chi connectivity index (χ3v) is 4.00. The summed E-state index contributed by atoms with van der Waals surface area (Å²) >= 11 is 0. The third kappa shape index (κ3) is 3.68. The van der Waals surface area contributed by atoms with Gasteiger partial charge in [0.05, 0.1) is 12.6 Å². The molecule has 0 aromatic carbocycles. The summed E-state index contributed by atoms with van der Waals surface area (Å²) in [6, 6.07) is 0.0241. The smallest absolute Gasteiger partial charge is 0.237 e. The number of hydrogen-bond acceptors (Lipinski definition) is 3. The lowest BCUT2D eigenvalue weighted by molar-refractivity contribution is -0.124. The van der Waals surface area contributed by atoms with Crippen molar-refractivity contribution in [2.45, 2.75) is 38.6 Å². The zero-order valence-electron chi connectivity index (χ0n) is 10.7. The van der Waals surface area contributed by atoms with E-state index in [1.165, 1.54) is 12.8 Å². The molecule has 3 unspecified atom stereocenters. The van der Waals surface area contributed by atoms with Gasteiger partial charge < -0.3 is 15.4 Å². The summed E-state index contributed by atoms with van der Waals surface area (Å²) in [5.41, 5.74) is 0. The maximum absolute atomic E-state index is 12.0. The van der Waals surface area contributed by atoms with Crippen molar-refractivity contribution >= 4 is 5.91 Å². The average Bonchev–Trinajstić information content (AvgIpc) is 2.89. The van der Waals surface area contributed by atoms with Crippen molar-refractivity contribution in [1.29, 1.82) is 0 Å². The van der Waals surface area contributed by atoms with Crippen LogP contribution in [-0.4, -0.2) is 38.3 Å². The van der Waals surface area contributed by atoms with E-state index in [0.29, 0.717) is 11.8 Å². The first-order valence-corrected chi connectivity index (χ1v) is 6.88. The highest BCUT2D eigenvalue weighted by Crippen LogP contribution is 2.19. The highest BCUT2D eigenvalue weighted by atomic mass is 16.5. The highest BCUT2D eigenvalue weighted by molar-refractivity contribution is 5.81. The van der Waals surface area contributed by atoms with Gasteiger partial charge in [0.15, 0.2) is 0 Å². The summed E-state index contributed by atoms with van der Waals surface area (Å²) < 4.78 is 5.30. The molecule has 0 aliphatic carbocycles. The zero-order valence-corrected chi connectivity index (χ0v) is 10.7. The minimum Gasteiger partial charge on any atom is -0.381 e. The molecular weight excluding hydrogens is 216 g/mol. The summed E-state index contributed by atoms with van der Waals surface area (Å²) in [6.07, 6.45) is 4.46. The molecule has 2 heterocycles. The van der Waals surface area contributed by atoms with Crippen molar-refractivity contribution in [3.05, 3.63) is 0 Å². The molecule has 0 aromatic heterocycles. The van der Waals surface area contributed by atoms with Crippen LogP contribution >= 0.6 is 0 Å². The SMILES string of the molecule is CCC1CCNC(C(=O)NCC2CCOC2)C1. The lowest BCUT2D eigenvalue weighted by Gasteiger charge is -2.29. The van der Waals surface area contributed by atoms with Gasteiger partial charge >= 0.3 is 0 Å². The Morgan fingerprint density at radius 1 is 1.41 bits per heavy atom. The molecule has 2 aliphatic heterocycles. The van der Waals surface area contributed by atoms with E-state index in [9.17, 15) is 4.79 Å². The van der Waals surface area contributed by atoms with E-state index >= 15 is 0 Å². The fraction of sp³-hybridized carbons (Fsp3) is 0.923. The predicted octanol–water partition coefficient (Wildman–Crippen LogP) is 0.917. The summed E-state index contributed by atoms with van der Waals surface area (Å²) in [7, 11) is 0. The number of carbonyl (C=O) groups excluding carboxylic acids is 1. The summed E-state index contributed by atoms with van der Waals surface area (Å²) in [6.45, 7) is 5.61. The van der Waals surface area contributed by atoms with Gasteiger partial charge in [-0.25, -0.2) is 0 Å². The maximum atomic E-state index is 12.0. The topological polar surface area (TPSA) is 50.4 Å². The Hall–Kier alpha value is -0.610. The molecule has 0 bridgehead atoms. The Bertz CT molecular complexity index is 252. The minimum absolute atomic E-state index is 0.0241. The van der Waals surface area contributed by atoms with Crippen LogP contribution in [0.15, 0.2) is 0 Å². The van der Waals surface area contributed by atoms with Crippen LogP contribution in [0.25, 0.3) is 0 Å². The zero-order chi connectivity index (χ0) is 12.1. The predicted molar refractivity (Wildman–Crippen MR) is 66.7 cm³/mol. The third-order valence-electron chi connectivity index (χ3n) is 4.00. The van der Waals surface area contributed by atoms with Crippen molar-refractivity contribution < 1.29 is 9.53 Å². The van der Waals surface area contributed by atoms with Crippen molar-refractivity contribution in [3.8, 4) is 0 Å². The van der Waals surface area contributed by atoms with Crippen molar-refractivity contribution in [3.63, 3.8) is 0 Å². The van der Waals surface area contributed by atoms with Gasteiger partial charge in [0.1, 0.15) is 0 Å². The largest absolute Gasteiger partial charge is 0.381 e. The summed E-state index contributed by atoms with van der Waals surface area (Å²) in [4.78, 5) is 12.0. The van der Waals surface area contributed by atoms with E-state index in [1.54, 1.807) is 0 Å². The molecule has 0 aromatic rings. The molecule has 0 spiro atoms. The van der Waals surface area contributed by atoms with Crippen LogP contribution in [0, 0.1) is 11.8 Å². The van der Waals surface area contributed by atoms with Crippen LogP contribution in [0.5, 0.6) is 0 Å². The standard InChI is InChI=1S/C13H24N2O2/c1-2-10-3-5-14-12(7-10)13(16)15-8-11-4-6-17-9-11/h10-12,14H,2-9H2,1H3,(H,15,16). The Kier molecular flexibility index (Phi) is 4.80. The van der Waals surface area contributed by atoms with Gasteiger partial charge in [-0.05, 0) is 31.7 Å². The van der Waals surface area contributed by atoms with Crippen LogP contribution < -0.4 is 10.6 Å². The highest BCUT2D eigenvalue weighted by Gasteiger charge is 2.26. The molecule has 17 heavy (non-hydrogen) atoms. The summed E-state index contributed by atoms with van der Waals surface area (Å²) in [5, 5.41) is 6.37.